The summed E-state index contributed by atoms with van der Waals surface area (Å²) in [5.74, 6) is 0.723. The molecule has 0 saturated carbocycles. The summed E-state index contributed by atoms with van der Waals surface area (Å²) in [4.78, 5) is 6.58. The minimum absolute atomic E-state index is 0.505. The van der Waals surface area contributed by atoms with Crippen LogP contribution in [0.25, 0.3) is 0 Å². The molecule has 3 aromatic rings. The molecule has 0 aliphatic rings. The molecule has 120 valence electrons. The normalized spacial score (nSPS) is 10.2. The van der Waals surface area contributed by atoms with Gasteiger partial charge < -0.3 is 10.6 Å². The molecule has 3 nitrogen and oxygen atoms in total. The van der Waals surface area contributed by atoms with Crippen molar-refractivity contribution in [3.05, 3.63) is 77.4 Å². The molecule has 2 aromatic carbocycles. The van der Waals surface area contributed by atoms with Crippen molar-refractivity contribution in [2.75, 3.05) is 10.6 Å². The number of pyridine rings is 1. The highest BCUT2D eigenvalue weighted by atomic mass is 79.9. The van der Waals surface area contributed by atoms with Gasteiger partial charge in [-0.1, -0.05) is 48.2 Å². The van der Waals surface area contributed by atoms with Crippen LogP contribution in [0.3, 0.4) is 0 Å². The molecule has 0 aliphatic heterocycles. The maximum atomic E-state index is 5.39. The highest BCUT2D eigenvalue weighted by Crippen LogP contribution is 2.34. The monoisotopic (exact) mass is 415 g/mol. The quantitative estimate of drug-likeness (QED) is 0.526. The SMILES string of the molecule is S=C(Nc1ccccc1)Nc1ncc(Br)cc1Sc1ccccc1. The van der Waals surface area contributed by atoms with Gasteiger partial charge in [0.2, 0.25) is 0 Å². The lowest BCUT2D eigenvalue weighted by Gasteiger charge is -2.13. The molecule has 6 heteroatoms. The Hall–Kier alpha value is -1.89. The Morgan fingerprint density at radius 3 is 2.33 bits per heavy atom. The van der Waals surface area contributed by atoms with Crippen molar-refractivity contribution in [3.63, 3.8) is 0 Å². The molecule has 0 bridgehead atoms. The summed E-state index contributed by atoms with van der Waals surface area (Å²) in [6.45, 7) is 0. The molecule has 2 N–H and O–H groups in total. The average molecular weight is 416 g/mol. The van der Waals surface area contributed by atoms with Crippen molar-refractivity contribution in [2.24, 2.45) is 0 Å². The summed E-state index contributed by atoms with van der Waals surface area (Å²) in [6.07, 6.45) is 1.75. The lowest BCUT2D eigenvalue weighted by molar-refractivity contribution is 1.22. The molecule has 0 fully saturated rings. The van der Waals surface area contributed by atoms with Crippen molar-refractivity contribution in [3.8, 4) is 0 Å². The van der Waals surface area contributed by atoms with Crippen LogP contribution in [-0.4, -0.2) is 10.1 Å². The standard InChI is InChI=1S/C18H14BrN3S2/c19-13-11-16(24-15-9-5-2-6-10-15)17(20-12-13)22-18(23)21-14-7-3-1-4-8-14/h1-12H,(H2,20,21,22,23). The average Bonchev–Trinajstić information content (AvgIpc) is 2.59. The summed E-state index contributed by atoms with van der Waals surface area (Å²) >= 11 is 10.5. The van der Waals surface area contributed by atoms with Crippen LogP contribution < -0.4 is 10.6 Å². The third kappa shape index (κ3) is 4.80. The van der Waals surface area contributed by atoms with E-state index in [4.69, 9.17) is 12.2 Å². The Balaban J connectivity index is 1.76. The molecule has 0 aliphatic carbocycles. The van der Waals surface area contributed by atoms with Gasteiger partial charge in [0.25, 0.3) is 0 Å². The molecule has 0 unspecified atom stereocenters. The fraction of sp³-hybridized carbons (Fsp3) is 0. The smallest absolute Gasteiger partial charge is 0.176 e. The van der Waals surface area contributed by atoms with E-state index in [2.05, 4.69) is 43.7 Å². The fourth-order valence-electron chi connectivity index (χ4n) is 2.00. The Morgan fingerprint density at radius 2 is 1.62 bits per heavy atom. The third-order valence-electron chi connectivity index (χ3n) is 3.05. The summed E-state index contributed by atoms with van der Waals surface area (Å²) in [6, 6.07) is 22.0. The van der Waals surface area contributed by atoms with E-state index in [0.717, 1.165) is 25.8 Å². The Kier molecular flexibility index (Phi) is 5.85. The van der Waals surface area contributed by atoms with Crippen molar-refractivity contribution in [1.82, 2.24) is 4.98 Å². The van der Waals surface area contributed by atoms with Gasteiger partial charge in [0.1, 0.15) is 5.82 Å². The van der Waals surface area contributed by atoms with E-state index in [-0.39, 0.29) is 0 Å². The second-order valence-electron chi connectivity index (χ2n) is 4.86. The predicted molar refractivity (Wildman–Crippen MR) is 109 cm³/mol. The van der Waals surface area contributed by atoms with Crippen LogP contribution in [-0.2, 0) is 0 Å². The number of para-hydroxylation sites is 1. The Morgan fingerprint density at radius 1 is 0.958 bits per heavy atom. The van der Waals surface area contributed by atoms with E-state index in [1.54, 1.807) is 18.0 Å². The van der Waals surface area contributed by atoms with Crippen molar-refractivity contribution in [1.29, 1.82) is 0 Å². The molecular weight excluding hydrogens is 402 g/mol. The molecule has 1 heterocycles. The number of hydrogen-bond donors (Lipinski definition) is 2. The zero-order chi connectivity index (χ0) is 16.8. The zero-order valence-electron chi connectivity index (χ0n) is 12.6. The van der Waals surface area contributed by atoms with Gasteiger partial charge in [0, 0.05) is 21.3 Å². The van der Waals surface area contributed by atoms with E-state index in [1.165, 1.54) is 0 Å². The van der Waals surface area contributed by atoms with Gasteiger partial charge in [-0.25, -0.2) is 4.98 Å². The molecule has 24 heavy (non-hydrogen) atoms. The van der Waals surface area contributed by atoms with Crippen LogP contribution in [0.2, 0.25) is 0 Å². The van der Waals surface area contributed by atoms with Crippen LogP contribution in [0.4, 0.5) is 11.5 Å². The molecular formula is C18H14BrN3S2. The number of aromatic nitrogens is 1. The summed E-state index contributed by atoms with van der Waals surface area (Å²) < 4.78 is 0.924. The van der Waals surface area contributed by atoms with E-state index in [9.17, 15) is 0 Å². The molecule has 1 aromatic heterocycles. The highest BCUT2D eigenvalue weighted by molar-refractivity contribution is 9.10. The molecule has 0 atom stereocenters. The number of rotatable bonds is 4. The van der Waals surface area contributed by atoms with Gasteiger partial charge in [-0.05, 0) is 58.5 Å². The van der Waals surface area contributed by atoms with Gasteiger partial charge >= 0.3 is 0 Å². The van der Waals surface area contributed by atoms with Gasteiger partial charge in [-0.2, -0.15) is 0 Å². The Bertz CT molecular complexity index is 826. The minimum Gasteiger partial charge on any atom is -0.332 e. The lowest BCUT2D eigenvalue weighted by atomic mass is 10.3. The zero-order valence-corrected chi connectivity index (χ0v) is 15.8. The summed E-state index contributed by atoms with van der Waals surface area (Å²) in [7, 11) is 0. The number of nitrogens with one attached hydrogen (secondary N) is 2. The van der Waals surface area contributed by atoms with Crippen LogP contribution in [0, 0.1) is 0 Å². The summed E-state index contributed by atoms with van der Waals surface area (Å²) in [5, 5.41) is 6.83. The number of anilines is 2. The molecule has 3 rings (SSSR count). The lowest BCUT2D eigenvalue weighted by Crippen LogP contribution is -2.20. The maximum absolute atomic E-state index is 5.39. The second kappa shape index (κ2) is 8.28. The number of halogens is 1. The first-order chi connectivity index (χ1) is 11.7. The van der Waals surface area contributed by atoms with E-state index in [0.29, 0.717) is 5.11 Å². The van der Waals surface area contributed by atoms with Gasteiger partial charge in [-0.15, -0.1) is 0 Å². The first kappa shape index (κ1) is 17.0. The van der Waals surface area contributed by atoms with Gasteiger partial charge in [0.15, 0.2) is 5.11 Å². The molecule has 0 radical (unpaired) electrons. The van der Waals surface area contributed by atoms with Gasteiger partial charge in [0.05, 0.1) is 4.90 Å². The van der Waals surface area contributed by atoms with Crippen LogP contribution in [0.1, 0.15) is 0 Å². The first-order valence-electron chi connectivity index (χ1n) is 7.22. The molecule has 0 amide bonds. The molecule has 0 saturated heterocycles. The van der Waals surface area contributed by atoms with Crippen molar-refractivity contribution in [2.45, 2.75) is 9.79 Å². The minimum atomic E-state index is 0.505. The number of thiocarbonyl (C=S) groups is 1. The third-order valence-corrected chi connectivity index (χ3v) is 4.73. The van der Waals surface area contributed by atoms with E-state index < -0.39 is 0 Å². The Labute approximate surface area is 159 Å². The van der Waals surface area contributed by atoms with Crippen molar-refractivity contribution >= 4 is 56.5 Å². The fourth-order valence-corrected chi connectivity index (χ4v) is 3.63. The molecule has 0 spiro atoms. The number of benzene rings is 2. The highest BCUT2D eigenvalue weighted by Gasteiger charge is 2.09. The number of nitrogens with zero attached hydrogens (tertiary/aromatic N) is 1. The van der Waals surface area contributed by atoms with Crippen LogP contribution in [0.15, 0.2) is 87.2 Å². The topological polar surface area (TPSA) is 37.0 Å². The first-order valence-corrected chi connectivity index (χ1v) is 9.24. The largest absolute Gasteiger partial charge is 0.332 e. The van der Waals surface area contributed by atoms with Crippen LogP contribution >= 0.6 is 39.9 Å². The number of hydrogen-bond acceptors (Lipinski definition) is 3. The van der Waals surface area contributed by atoms with Gasteiger partial charge in [-0.3, -0.25) is 0 Å². The maximum Gasteiger partial charge on any atom is 0.176 e. The van der Waals surface area contributed by atoms with E-state index >= 15 is 0 Å². The second-order valence-corrected chi connectivity index (χ2v) is 7.30. The van der Waals surface area contributed by atoms with Crippen molar-refractivity contribution < 1.29 is 0 Å². The summed E-state index contributed by atoms with van der Waals surface area (Å²) in [5.41, 5.74) is 0.935. The van der Waals surface area contributed by atoms with Crippen LogP contribution in [0.5, 0.6) is 0 Å². The van der Waals surface area contributed by atoms with E-state index in [1.807, 2.05) is 54.6 Å². The predicted octanol–water partition coefficient (Wildman–Crippen LogP) is 5.80.